The molecule has 3 heterocycles. The molecular formula is C16H18FN3. The molecule has 0 aromatic carbocycles. The summed E-state index contributed by atoms with van der Waals surface area (Å²) < 4.78 is 13.0. The zero-order chi connectivity index (χ0) is 13.9. The first-order chi connectivity index (χ1) is 9.74. The van der Waals surface area contributed by atoms with Gasteiger partial charge in [-0.3, -0.25) is 0 Å². The number of piperidine rings is 1. The molecule has 1 aliphatic heterocycles. The lowest BCUT2D eigenvalue weighted by molar-refractivity contribution is 0.437. The summed E-state index contributed by atoms with van der Waals surface area (Å²) in [5.41, 5.74) is 1.93. The highest BCUT2D eigenvalue weighted by molar-refractivity contribution is 5.75. The molecule has 3 rings (SSSR count). The van der Waals surface area contributed by atoms with Gasteiger partial charge in [-0.05, 0) is 43.0 Å². The van der Waals surface area contributed by atoms with Crippen molar-refractivity contribution in [3.8, 4) is 11.1 Å². The average Bonchev–Trinajstić information content (AvgIpc) is 2.49. The smallest absolute Gasteiger partial charge is 0.212 e. The summed E-state index contributed by atoms with van der Waals surface area (Å²) in [6, 6.07) is 7.09. The van der Waals surface area contributed by atoms with E-state index in [1.807, 2.05) is 18.3 Å². The van der Waals surface area contributed by atoms with Crippen LogP contribution in [-0.2, 0) is 0 Å². The normalized spacial score (nSPS) is 16.4. The van der Waals surface area contributed by atoms with E-state index in [1.54, 1.807) is 12.3 Å². The lowest BCUT2D eigenvalue weighted by Crippen LogP contribution is -2.33. The molecule has 2 aromatic heterocycles. The first kappa shape index (κ1) is 13.0. The van der Waals surface area contributed by atoms with E-state index in [0.717, 1.165) is 36.0 Å². The van der Waals surface area contributed by atoms with Gasteiger partial charge in [0.15, 0.2) is 0 Å². The number of rotatable bonds is 2. The minimum absolute atomic E-state index is 0.453. The number of halogens is 1. The fourth-order valence-corrected chi connectivity index (χ4v) is 2.63. The highest BCUT2D eigenvalue weighted by Gasteiger charge is 2.19. The largest absolute Gasteiger partial charge is 0.356 e. The van der Waals surface area contributed by atoms with E-state index < -0.39 is 5.95 Å². The van der Waals surface area contributed by atoms with E-state index in [1.165, 1.54) is 18.9 Å². The Hall–Kier alpha value is -1.97. The summed E-state index contributed by atoms with van der Waals surface area (Å²) in [7, 11) is 0. The topological polar surface area (TPSA) is 29.0 Å². The number of pyridine rings is 2. The van der Waals surface area contributed by atoms with Crippen LogP contribution in [0.2, 0.25) is 0 Å². The second kappa shape index (κ2) is 5.57. The quantitative estimate of drug-likeness (QED) is 0.783. The molecule has 104 valence electrons. The van der Waals surface area contributed by atoms with Crippen LogP contribution in [0.4, 0.5) is 10.2 Å². The molecule has 0 unspecified atom stereocenters. The van der Waals surface area contributed by atoms with Crippen LogP contribution in [0.5, 0.6) is 0 Å². The Bertz CT molecular complexity index is 575. The maximum absolute atomic E-state index is 13.0. The van der Waals surface area contributed by atoms with Crippen molar-refractivity contribution in [1.82, 2.24) is 9.97 Å². The van der Waals surface area contributed by atoms with Crippen LogP contribution in [0.3, 0.4) is 0 Å². The molecule has 2 aromatic rings. The summed E-state index contributed by atoms with van der Waals surface area (Å²) >= 11 is 0. The van der Waals surface area contributed by atoms with Crippen molar-refractivity contribution in [2.24, 2.45) is 5.92 Å². The zero-order valence-corrected chi connectivity index (χ0v) is 11.6. The van der Waals surface area contributed by atoms with Crippen LogP contribution in [-0.4, -0.2) is 23.1 Å². The van der Waals surface area contributed by atoms with Gasteiger partial charge in [0.05, 0.1) is 0 Å². The van der Waals surface area contributed by atoms with Gasteiger partial charge < -0.3 is 4.90 Å². The van der Waals surface area contributed by atoms with Crippen molar-refractivity contribution in [2.75, 3.05) is 18.0 Å². The summed E-state index contributed by atoms with van der Waals surface area (Å²) in [6.07, 6.45) is 5.77. The van der Waals surface area contributed by atoms with Crippen molar-refractivity contribution in [3.63, 3.8) is 0 Å². The molecule has 4 heteroatoms. The Morgan fingerprint density at radius 1 is 1.15 bits per heavy atom. The average molecular weight is 271 g/mol. The van der Waals surface area contributed by atoms with Crippen molar-refractivity contribution < 1.29 is 4.39 Å². The third-order valence-corrected chi connectivity index (χ3v) is 3.91. The molecule has 0 radical (unpaired) electrons. The van der Waals surface area contributed by atoms with Gasteiger partial charge in [-0.15, -0.1) is 0 Å². The molecule has 0 bridgehead atoms. The summed E-state index contributed by atoms with van der Waals surface area (Å²) in [5.74, 6) is 1.31. The number of hydrogen-bond acceptors (Lipinski definition) is 3. The Morgan fingerprint density at radius 2 is 1.95 bits per heavy atom. The SMILES string of the molecule is CC1CCN(c2ncccc2-c2ccc(F)nc2)CC1. The summed E-state index contributed by atoms with van der Waals surface area (Å²) in [5, 5.41) is 0. The van der Waals surface area contributed by atoms with E-state index >= 15 is 0 Å². The first-order valence-corrected chi connectivity index (χ1v) is 7.06. The molecular weight excluding hydrogens is 253 g/mol. The molecule has 0 aliphatic carbocycles. The van der Waals surface area contributed by atoms with Crippen LogP contribution in [0.15, 0.2) is 36.7 Å². The van der Waals surface area contributed by atoms with Gasteiger partial charge in [-0.1, -0.05) is 6.92 Å². The highest BCUT2D eigenvalue weighted by atomic mass is 19.1. The second-order valence-electron chi connectivity index (χ2n) is 5.41. The van der Waals surface area contributed by atoms with Crippen molar-refractivity contribution in [1.29, 1.82) is 0 Å². The monoisotopic (exact) mass is 271 g/mol. The lowest BCUT2D eigenvalue weighted by Gasteiger charge is -2.32. The molecule has 0 saturated carbocycles. The number of aromatic nitrogens is 2. The maximum atomic E-state index is 13.0. The van der Waals surface area contributed by atoms with Gasteiger partial charge in [-0.2, -0.15) is 4.39 Å². The van der Waals surface area contributed by atoms with Crippen LogP contribution < -0.4 is 4.90 Å². The lowest BCUT2D eigenvalue weighted by atomic mass is 9.98. The number of hydrogen-bond donors (Lipinski definition) is 0. The number of nitrogens with zero attached hydrogens (tertiary/aromatic N) is 3. The molecule has 1 aliphatic rings. The van der Waals surface area contributed by atoms with Gasteiger partial charge in [0.2, 0.25) is 5.95 Å². The minimum Gasteiger partial charge on any atom is -0.356 e. The predicted octanol–water partition coefficient (Wildman–Crippen LogP) is 3.52. The van der Waals surface area contributed by atoms with Crippen LogP contribution >= 0.6 is 0 Å². The van der Waals surface area contributed by atoms with Gasteiger partial charge in [-0.25, -0.2) is 9.97 Å². The van der Waals surface area contributed by atoms with Gasteiger partial charge in [0.25, 0.3) is 0 Å². The van der Waals surface area contributed by atoms with E-state index in [-0.39, 0.29) is 0 Å². The van der Waals surface area contributed by atoms with E-state index in [4.69, 9.17) is 0 Å². The molecule has 20 heavy (non-hydrogen) atoms. The fraction of sp³-hybridized carbons (Fsp3) is 0.375. The van der Waals surface area contributed by atoms with E-state index in [0.29, 0.717) is 0 Å². The van der Waals surface area contributed by atoms with Crippen LogP contribution in [0.25, 0.3) is 11.1 Å². The van der Waals surface area contributed by atoms with Crippen molar-refractivity contribution in [2.45, 2.75) is 19.8 Å². The summed E-state index contributed by atoms with van der Waals surface area (Å²) in [6.45, 7) is 4.35. The molecule has 3 nitrogen and oxygen atoms in total. The predicted molar refractivity (Wildman–Crippen MR) is 78.0 cm³/mol. The number of anilines is 1. The molecule has 1 fully saturated rings. The highest BCUT2D eigenvalue weighted by Crippen LogP contribution is 2.30. The second-order valence-corrected chi connectivity index (χ2v) is 5.41. The fourth-order valence-electron chi connectivity index (χ4n) is 2.63. The van der Waals surface area contributed by atoms with Crippen LogP contribution in [0.1, 0.15) is 19.8 Å². The molecule has 0 atom stereocenters. The maximum Gasteiger partial charge on any atom is 0.212 e. The Labute approximate surface area is 118 Å². The van der Waals surface area contributed by atoms with Crippen LogP contribution in [0, 0.1) is 11.9 Å². The van der Waals surface area contributed by atoms with Gasteiger partial charge in [0.1, 0.15) is 5.82 Å². The van der Waals surface area contributed by atoms with Gasteiger partial charge in [0, 0.05) is 36.6 Å². The molecule has 1 saturated heterocycles. The van der Waals surface area contributed by atoms with Crippen molar-refractivity contribution >= 4 is 5.82 Å². The molecule has 0 N–H and O–H groups in total. The molecule has 0 spiro atoms. The zero-order valence-electron chi connectivity index (χ0n) is 11.6. The van der Waals surface area contributed by atoms with E-state index in [9.17, 15) is 4.39 Å². The third kappa shape index (κ3) is 2.64. The standard InChI is InChI=1S/C16H18FN3/c1-12-6-9-20(10-7-12)16-14(3-2-8-18-16)13-4-5-15(17)19-11-13/h2-5,8,11-12H,6-7,9-10H2,1H3. The van der Waals surface area contributed by atoms with Gasteiger partial charge >= 0.3 is 0 Å². The minimum atomic E-state index is -0.453. The van der Waals surface area contributed by atoms with Crippen molar-refractivity contribution in [3.05, 3.63) is 42.6 Å². The third-order valence-electron chi connectivity index (χ3n) is 3.91. The first-order valence-electron chi connectivity index (χ1n) is 7.06. The Balaban J connectivity index is 1.94. The Morgan fingerprint density at radius 3 is 2.65 bits per heavy atom. The Kier molecular flexibility index (Phi) is 3.63. The summed E-state index contributed by atoms with van der Waals surface area (Å²) in [4.78, 5) is 10.6. The van der Waals surface area contributed by atoms with E-state index in [2.05, 4.69) is 21.8 Å². The molecule has 0 amide bonds.